The van der Waals surface area contributed by atoms with Gasteiger partial charge in [0.05, 0.1) is 19.3 Å². The maximum Gasteiger partial charge on any atom is 0.120 e. The molecular weight excluding hydrogens is 262 g/mol. The van der Waals surface area contributed by atoms with E-state index in [2.05, 4.69) is 36.1 Å². The summed E-state index contributed by atoms with van der Waals surface area (Å²) in [6.07, 6.45) is 6.65. The third kappa shape index (κ3) is 3.98. The summed E-state index contributed by atoms with van der Waals surface area (Å²) in [6.45, 7) is 6.01. The first kappa shape index (κ1) is 14.9. The van der Waals surface area contributed by atoms with Gasteiger partial charge in [-0.15, -0.1) is 0 Å². The minimum atomic E-state index is 0.437. The zero-order valence-electron chi connectivity index (χ0n) is 13.1. The summed E-state index contributed by atoms with van der Waals surface area (Å²) in [7, 11) is 0. The third-order valence-electron chi connectivity index (χ3n) is 4.71. The Hall–Kier alpha value is -1.06. The number of morpholine rings is 1. The lowest BCUT2D eigenvalue weighted by molar-refractivity contribution is -0.0127. The highest BCUT2D eigenvalue weighted by Crippen LogP contribution is 2.25. The minimum Gasteiger partial charge on any atom is -0.490 e. The number of hydrogen-bond acceptors (Lipinski definition) is 3. The molecule has 2 fully saturated rings. The maximum absolute atomic E-state index is 6.12. The van der Waals surface area contributed by atoms with Crippen molar-refractivity contribution in [1.29, 1.82) is 0 Å². The van der Waals surface area contributed by atoms with E-state index in [9.17, 15) is 0 Å². The standard InChI is InChI=1S/C18H27NO2/c1-2-16-14-20-11-10-19(16)13-15-6-5-9-18(12-15)21-17-7-3-4-8-17/h5-6,9,12,16-17H,2-4,7-8,10-11,13-14H2,1H3/t16-/m0/s1. The molecule has 21 heavy (non-hydrogen) atoms. The van der Waals surface area contributed by atoms with Gasteiger partial charge >= 0.3 is 0 Å². The van der Waals surface area contributed by atoms with Crippen molar-refractivity contribution in [3.05, 3.63) is 29.8 Å². The Kier molecular flexibility index (Phi) is 5.15. The zero-order chi connectivity index (χ0) is 14.5. The van der Waals surface area contributed by atoms with Crippen LogP contribution in [0.1, 0.15) is 44.6 Å². The van der Waals surface area contributed by atoms with Crippen molar-refractivity contribution < 1.29 is 9.47 Å². The molecule has 1 aromatic carbocycles. The first-order valence-electron chi connectivity index (χ1n) is 8.42. The van der Waals surface area contributed by atoms with E-state index in [1.807, 2.05) is 0 Å². The molecule has 2 aliphatic rings. The van der Waals surface area contributed by atoms with Gasteiger partial charge in [0.1, 0.15) is 5.75 Å². The van der Waals surface area contributed by atoms with Gasteiger partial charge in [0.25, 0.3) is 0 Å². The fraction of sp³-hybridized carbons (Fsp3) is 0.667. The van der Waals surface area contributed by atoms with E-state index in [1.54, 1.807) is 0 Å². The Labute approximate surface area is 128 Å². The van der Waals surface area contributed by atoms with Gasteiger partial charge in [-0.25, -0.2) is 0 Å². The van der Waals surface area contributed by atoms with E-state index in [0.717, 1.165) is 38.5 Å². The van der Waals surface area contributed by atoms with E-state index >= 15 is 0 Å². The lowest BCUT2D eigenvalue weighted by Gasteiger charge is -2.35. The summed E-state index contributed by atoms with van der Waals surface area (Å²) in [4.78, 5) is 2.54. The van der Waals surface area contributed by atoms with Crippen molar-refractivity contribution in [3.63, 3.8) is 0 Å². The quantitative estimate of drug-likeness (QED) is 0.826. The van der Waals surface area contributed by atoms with Gasteiger partial charge in [0, 0.05) is 19.1 Å². The van der Waals surface area contributed by atoms with Crippen LogP contribution in [0, 0.1) is 0 Å². The van der Waals surface area contributed by atoms with Crippen LogP contribution < -0.4 is 4.74 Å². The van der Waals surface area contributed by atoms with Gasteiger partial charge in [-0.3, -0.25) is 4.90 Å². The average Bonchev–Trinajstić information content (AvgIpc) is 3.01. The molecule has 0 amide bonds. The molecule has 0 unspecified atom stereocenters. The predicted octanol–water partition coefficient (Wildman–Crippen LogP) is 3.62. The third-order valence-corrected chi connectivity index (χ3v) is 4.71. The first-order chi connectivity index (χ1) is 10.3. The molecule has 3 nitrogen and oxygen atoms in total. The summed E-state index contributed by atoms with van der Waals surface area (Å²) in [6, 6.07) is 9.21. The van der Waals surface area contributed by atoms with Crippen LogP contribution >= 0.6 is 0 Å². The molecule has 1 heterocycles. The highest BCUT2D eigenvalue weighted by atomic mass is 16.5. The molecule has 3 heteroatoms. The summed E-state index contributed by atoms with van der Waals surface area (Å²) >= 11 is 0. The van der Waals surface area contributed by atoms with Crippen LogP contribution in [0.15, 0.2) is 24.3 Å². The lowest BCUT2D eigenvalue weighted by Crippen LogP contribution is -2.44. The van der Waals surface area contributed by atoms with Crippen molar-refractivity contribution in [3.8, 4) is 5.75 Å². The predicted molar refractivity (Wildman–Crippen MR) is 84.6 cm³/mol. The van der Waals surface area contributed by atoms with Crippen molar-refractivity contribution in [2.75, 3.05) is 19.8 Å². The fourth-order valence-electron chi connectivity index (χ4n) is 3.42. The number of ether oxygens (including phenoxy) is 2. The van der Waals surface area contributed by atoms with Crippen molar-refractivity contribution >= 4 is 0 Å². The molecule has 3 rings (SSSR count). The zero-order valence-corrected chi connectivity index (χ0v) is 13.1. The Morgan fingerprint density at radius 3 is 2.95 bits per heavy atom. The maximum atomic E-state index is 6.12. The molecule has 0 bridgehead atoms. The van der Waals surface area contributed by atoms with Gasteiger partial charge in [0.15, 0.2) is 0 Å². The second kappa shape index (κ2) is 7.28. The molecule has 0 aromatic heterocycles. The number of benzene rings is 1. The smallest absolute Gasteiger partial charge is 0.120 e. The molecule has 0 spiro atoms. The molecule has 1 saturated heterocycles. The van der Waals surface area contributed by atoms with Crippen LogP contribution in [0.5, 0.6) is 5.75 Å². The van der Waals surface area contributed by atoms with E-state index in [-0.39, 0.29) is 0 Å². The van der Waals surface area contributed by atoms with Gasteiger partial charge in [-0.05, 0) is 49.8 Å². The molecule has 1 saturated carbocycles. The summed E-state index contributed by atoms with van der Waals surface area (Å²) in [5.41, 5.74) is 1.35. The van der Waals surface area contributed by atoms with Crippen LogP contribution in [-0.2, 0) is 11.3 Å². The van der Waals surface area contributed by atoms with Crippen LogP contribution in [0.25, 0.3) is 0 Å². The largest absolute Gasteiger partial charge is 0.490 e. The van der Waals surface area contributed by atoms with Crippen LogP contribution in [0.2, 0.25) is 0 Å². The Bertz CT molecular complexity index is 443. The molecule has 0 radical (unpaired) electrons. The lowest BCUT2D eigenvalue weighted by atomic mass is 10.1. The molecule has 1 aromatic rings. The average molecular weight is 289 g/mol. The second-order valence-electron chi connectivity index (χ2n) is 6.28. The molecule has 0 N–H and O–H groups in total. The van der Waals surface area contributed by atoms with E-state index in [4.69, 9.17) is 9.47 Å². The van der Waals surface area contributed by atoms with Crippen molar-refractivity contribution in [2.24, 2.45) is 0 Å². The molecular formula is C18H27NO2. The van der Waals surface area contributed by atoms with Gasteiger partial charge in [0.2, 0.25) is 0 Å². The van der Waals surface area contributed by atoms with E-state index in [0.29, 0.717) is 12.1 Å². The molecule has 1 aliphatic carbocycles. The van der Waals surface area contributed by atoms with Gasteiger partial charge < -0.3 is 9.47 Å². The van der Waals surface area contributed by atoms with E-state index in [1.165, 1.54) is 31.2 Å². The Morgan fingerprint density at radius 2 is 2.14 bits per heavy atom. The summed E-state index contributed by atoms with van der Waals surface area (Å²) in [5.74, 6) is 1.04. The number of hydrogen-bond donors (Lipinski definition) is 0. The molecule has 1 aliphatic heterocycles. The summed E-state index contributed by atoms with van der Waals surface area (Å²) < 4.78 is 11.7. The SMILES string of the molecule is CC[C@H]1COCCN1Cc1cccc(OC2CCCC2)c1. The highest BCUT2D eigenvalue weighted by Gasteiger charge is 2.21. The highest BCUT2D eigenvalue weighted by molar-refractivity contribution is 5.28. The van der Waals surface area contributed by atoms with Crippen LogP contribution in [0.3, 0.4) is 0 Å². The Morgan fingerprint density at radius 1 is 1.29 bits per heavy atom. The second-order valence-corrected chi connectivity index (χ2v) is 6.28. The Balaban J connectivity index is 1.61. The molecule has 1 atom stereocenters. The van der Waals surface area contributed by atoms with Crippen molar-refractivity contribution in [2.45, 2.75) is 57.7 Å². The van der Waals surface area contributed by atoms with Gasteiger partial charge in [-0.2, -0.15) is 0 Å². The fourth-order valence-corrected chi connectivity index (χ4v) is 3.42. The molecule has 116 valence electrons. The minimum absolute atomic E-state index is 0.437. The van der Waals surface area contributed by atoms with Crippen molar-refractivity contribution in [1.82, 2.24) is 4.90 Å². The number of rotatable bonds is 5. The normalized spacial score (nSPS) is 24.3. The summed E-state index contributed by atoms with van der Waals surface area (Å²) in [5, 5.41) is 0. The first-order valence-corrected chi connectivity index (χ1v) is 8.42. The topological polar surface area (TPSA) is 21.7 Å². The van der Waals surface area contributed by atoms with Crippen LogP contribution in [0.4, 0.5) is 0 Å². The van der Waals surface area contributed by atoms with Gasteiger partial charge in [-0.1, -0.05) is 19.1 Å². The number of nitrogens with zero attached hydrogens (tertiary/aromatic N) is 1. The van der Waals surface area contributed by atoms with Crippen LogP contribution in [-0.4, -0.2) is 36.8 Å². The monoisotopic (exact) mass is 289 g/mol. The van der Waals surface area contributed by atoms with E-state index < -0.39 is 0 Å².